The Morgan fingerprint density at radius 2 is 2.07 bits per heavy atom. The van der Waals surface area contributed by atoms with Crippen LogP contribution >= 0.6 is 27.5 Å². The molecule has 0 fully saturated rings. The van der Waals surface area contributed by atoms with Crippen LogP contribution in [0.1, 0.15) is 17.2 Å². The number of hydrogen-bond donors (Lipinski definition) is 2. The van der Waals surface area contributed by atoms with Crippen LogP contribution in [0.2, 0.25) is 0 Å². The van der Waals surface area contributed by atoms with Crippen LogP contribution in [0, 0.1) is 6.92 Å². The van der Waals surface area contributed by atoms with E-state index < -0.39 is 12.2 Å². The highest BCUT2D eigenvalue weighted by molar-refractivity contribution is 9.10. The van der Waals surface area contributed by atoms with Crippen molar-refractivity contribution in [3.05, 3.63) is 33.8 Å². The average molecular weight is 280 g/mol. The third-order valence-corrected chi connectivity index (χ3v) is 2.88. The normalized spacial score (nSPS) is 15.2. The molecule has 2 N–H and O–H groups in total. The van der Waals surface area contributed by atoms with Gasteiger partial charge in [0.1, 0.15) is 6.10 Å². The lowest BCUT2D eigenvalue weighted by atomic mass is 10.0. The van der Waals surface area contributed by atoms with E-state index in [1.807, 2.05) is 19.1 Å². The quantitative estimate of drug-likeness (QED) is 0.834. The van der Waals surface area contributed by atoms with Crippen LogP contribution in [0.4, 0.5) is 0 Å². The molecule has 0 aliphatic rings. The second kappa shape index (κ2) is 5.12. The molecule has 0 spiro atoms. The summed E-state index contributed by atoms with van der Waals surface area (Å²) >= 11 is 8.79. The fraction of sp³-hybridized carbons (Fsp3) is 0.400. The lowest BCUT2D eigenvalue weighted by Gasteiger charge is -2.17. The summed E-state index contributed by atoms with van der Waals surface area (Å²) in [5.74, 6) is 0.0245. The van der Waals surface area contributed by atoms with Gasteiger partial charge in [-0.25, -0.2) is 0 Å². The lowest BCUT2D eigenvalue weighted by molar-refractivity contribution is 0.0323. The SMILES string of the molecule is Cc1cc(Br)ccc1C(O)C(O)CCl. The molecule has 78 valence electrons. The highest BCUT2D eigenvalue weighted by Gasteiger charge is 2.18. The van der Waals surface area contributed by atoms with Crippen molar-refractivity contribution in [2.24, 2.45) is 0 Å². The number of hydrogen-bond acceptors (Lipinski definition) is 2. The molecule has 0 saturated carbocycles. The van der Waals surface area contributed by atoms with E-state index in [1.54, 1.807) is 6.07 Å². The molecule has 2 atom stereocenters. The van der Waals surface area contributed by atoms with Crippen LogP contribution in [0.5, 0.6) is 0 Å². The Hall–Kier alpha value is -0.0900. The highest BCUT2D eigenvalue weighted by Crippen LogP contribution is 2.24. The van der Waals surface area contributed by atoms with E-state index in [2.05, 4.69) is 15.9 Å². The fourth-order valence-electron chi connectivity index (χ4n) is 1.26. The number of aliphatic hydroxyl groups excluding tert-OH is 2. The number of benzene rings is 1. The smallest absolute Gasteiger partial charge is 0.106 e. The van der Waals surface area contributed by atoms with Crippen LogP contribution in [0.15, 0.2) is 22.7 Å². The number of halogens is 2. The minimum Gasteiger partial charge on any atom is -0.389 e. The molecule has 0 aliphatic heterocycles. The van der Waals surface area contributed by atoms with Gasteiger partial charge in [-0.3, -0.25) is 0 Å². The number of rotatable bonds is 3. The molecular weight excluding hydrogens is 267 g/mol. The number of alkyl halides is 1. The van der Waals surface area contributed by atoms with E-state index in [1.165, 1.54) is 0 Å². The van der Waals surface area contributed by atoms with Crippen molar-refractivity contribution in [2.75, 3.05) is 5.88 Å². The summed E-state index contributed by atoms with van der Waals surface area (Å²) in [7, 11) is 0. The predicted molar refractivity (Wildman–Crippen MR) is 60.6 cm³/mol. The Labute approximate surface area is 96.7 Å². The Morgan fingerprint density at radius 1 is 1.43 bits per heavy atom. The first kappa shape index (κ1) is 12.0. The summed E-state index contributed by atoms with van der Waals surface area (Å²) in [5, 5.41) is 19.1. The monoisotopic (exact) mass is 278 g/mol. The molecule has 0 radical (unpaired) electrons. The van der Waals surface area contributed by atoms with Crippen molar-refractivity contribution < 1.29 is 10.2 Å². The van der Waals surface area contributed by atoms with Crippen LogP contribution in [0.25, 0.3) is 0 Å². The Bertz CT molecular complexity index is 317. The second-order valence-corrected chi connectivity index (χ2v) is 4.39. The van der Waals surface area contributed by atoms with Crippen LogP contribution in [-0.4, -0.2) is 22.2 Å². The summed E-state index contributed by atoms with van der Waals surface area (Å²) in [6.07, 6.45) is -1.84. The summed E-state index contributed by atoms with van der Waals surface area (Å²) in [6.45, 7) is 1.88. The first-order chi connectivity index (χ1) is 6.56. The zero-order chi connectivity index (χ0) is 10.7. The van der Waals surface area contributed by atoms with Gasteiger partial charge in [0.25, 0.3) is 0 Å². The minimum absolute atomic E-state index is 0.0245. The molecule has 4 heteroatoms. The molecule has 1 aromatic carbocycles. The van der Waals surface area contributed by atoms with Gasteiger partial charge in [0.05, 0.1) is 12.0 Å². The van der Waals surface area contributed by atoms with Crippen molar-refractivity contribution in [1.82, 2.24) is 0 Å². The van der Waals surface area contributed by atoms with Gasteiger partial charge in [-0.05, 0) is 30.2 Å². The summed E-state index contributed by atoms with van der Waals surface area (Å²) in [6, 6.07) is 5.49. The molecule has 0 aliphatic carbocycles. The molecule has 0 saturated heterocycles. The zero-order valence-corrected chi connectivity index (χ0v) is 10.1. The molecule has 0 bridgehead atoms. The maximum Gasteiger partial charge on any atom is 0.106 e. The van der Waals surface area contributed by atoms with Crippen molar-refractivity contribution in [2.45, 2.75) is 19.1 Å². The third-order valence-electron chi connectivity index (χ3n) is 2.07. The highest BCUT2D eigenvalue weighted by atomic mass is 79.9. The fourth-order valence-corrected chi connectivity index (χ4v) is 1.91. The molecule has 0 aromatic heterocycles. The Kier molecular flexibility index (Phi) is 4.38. The molecule has 1 aromatic rings. The van der Waals surface area contributed by atoms with E-state index in [9.17, 15) is 10.2 Å². The molecule has 0 heterocycles. The van der Waals surface area contributed by atoms with Crippen molar-refractivity contribution in [3.63, 3.8) is 0 Å². The van der Waals surface area contributed by atoms with Crippen LogP contribution < -0.4 is 0 Å². The van der Waals surface area contributed by atoms with Gasteiger partial charge in [0.2, 0.25) is 0 Å². The van der Waals surface area contributed by atoms with Gasteiger partial charge in [0.15, 0.2) is 0 Å². The van der Waals surface area contributed by atoms with Gasteiger partial charge in [-0.1, -0.05) is 22.0 Å². The van der Waals surface area contributed by atoms with Gasteiger partial charge in [-0.2, -0.15) is 0 Å². The predicted octanol–water partition coefficient (Wildman–Crippen LogP) is 2.39. The van der Waals surface area contributed by atoms with E-state index in [0.717, 1.165) is 10.0 Å². The average Bonchev–Trinajstić information content (AvgIpc) is 2.15. The van der Waals surface area contributed by atoms with Gasteiger partial charge in [0, 0.05) is 4.47 Å². The van der Waals surface area contributed by atoms with Crippen molar-refractivity contribution in [3.8, 4) is 0 Å². The van der Waals surface area contributed by atoms with Crippen LogP contribution in [-0.2, 0) is 0 Å². The number of aryl methyl sites for hydroxylation is 1. The molecule has 1 rings (SSSR count). The Morgan fingerprint density at radius 3 is 2.57 bits per heavy atom. The first-order valence-electron chi connectivity index (χ1n) is 4.24. The zero-order valence-electron chi connectivity index (χ0n) is 7.74. The summed E-state index contributed by atoms with van der Waals surface area (Å²) in [5.41, 5.74) is 1.64. The first-order valence-corrected chi connectivity index (χ1v) is 5.57. The maximum atomic E-state index is 9.71. The topological polar surface area (TPSA) is 40.5 Å². The van der Waals surface area contributed by atoms with E-state index in [0.29, 0.717) is 5.56 Å². The minimum atomic E-state index is -0.920. The lowest BCUT2D eigenvalue weighted by Crippen LogP contribution is -2.20. The molecule has 2 unspecified atom stereocenters. The Balaban J connectivity index is 2.95. The third kappa shape index (κ3) is 2.70. The van der Waals surface area contributed by atoms with E-state index in [4.69, 9.17) is 11.6 Å². The molecule has 2 nitrogen and oxygen atoms in total. The molecule has 14 heavy (non-hydrogen) atoms. The van der Waals surface area contributed by atoms with Gasteiger partial charge in [-0.15, -0.1) is 11.6 Å². The second-order valence-electron chi connectivity index (χ2n) is 3.17. The summed E-state index contributed by atoms with van der Waals surface area (Å²) < 4.78 is 0.950. The van der Waals surface area contributed by atoms with Crippen molar-refractivity contribution in [1.29, 1.82) is 0 Å². The number of aliphatic hydroxyl groups is 2. The van der Waals surface area contributed by atoms with Gasteiger partial charge >= 0.3 is 0 Å². The van der Waals surface area contributed by atoms with Crippen LogP contribution in [0.3, 0.4) is 0 Å². The summed E-state index contributed by atoms with van der Waals surface area (Å²) in [4.78, 5) is 0. The maximum absolute atomic E-state index is 9.71. The van der Waals surface area contributed by atoms with E-state index in [-0.39, 0.29) is 5.88 Å². The molecular formula is C10H12BrClO2. The molecule has 0 amide bonds. The van der Waals surface area contributed by atoms with Crippen molar-refractivity contribution >= 4 is 27.5 Å². The largest absolute Gasteiger partial charge is 0.389 e. The van der Waals surface area contributed by atoms with E-state index >= 15 is 0 Å². The van der Waals surface area contributed by atoms with Gasteiger partial charge < -0.3 is 10.2 Å². The standard InChI is InChI=1S/C10H12BrClO2/c1-6-4-7(11)2-3-8(6)10(14)9(13)5-12/h2-4,9-10,13-14H,5H2,1H3.